The number of hydrogen-bond acceptors (Lipinski definition) is 5. The molecule has 0 fully saturated rings. The lowest BCUT2D eigenvalue weighted by Gasteiger charge is -2.28. The topological polar surface area (TPSA) is 51.9 Å². The lowest BCUT2D eigenvalue weighted by atomic mass is 10.0. The van der Waals surface area contributed by atoms with Crippen LogP contribution in [0.25, 0.3) is 11.0 Å². The summed E-state index contributed by atoms with van der Waals surface area (Å²) < 4.78 is 18.4. The van der Waals surface area contributed by atoms with Crippen LogP contribution in [-0.4, -0.2) is 12.6 Å². The molecule has 0 bridgehead atoms. The first kappa shape index (κ1) is 18.1. The van der Waals surface area contributed by atoms with Crippen LogP contribution in [-0.2, 0) is 6.42 Å². The molecule has 6 rings (SSSR count). The molecule has 2 aliphatic heterocycles. The number of para-hydroxylation sites is 1. The summed E-state index contributed by atoms with van der Waals surface area (Å²) >= 11 is 0. The molecule has 5 heteroatoms. The van der Waals surface area contributed by atoms with Gasteiger partial charge in [0.2, 0.25) is 11.6 Å². The second-order valence-corrected chi connectivity index (χ2v) is 8.20. The minimum atomic E-state index is -0.391. The molecule has 0 aliphatic carbocycles. The first-order valence-electron chi connectivity index (χ1n) is 10.5. The van der Waals surface area contributed by atoms with Gasteiger partial charge in [0, 0.05) is 0 Å². The zero-order chi connectivity index (χ0) is 21.1. The van der Waals surface area contributed by atoms with Gasteiger partial charge in [-0.1, -0.05) is 35.4 Å². The van der Waals surface area contributed by atoms with E-state index in [2.05, 4.69) is 6.07 Å². The highest BCUT2D eigenvalue weighted by molar-refractivity contribution is 6.06. The number of anilines is 3. The van der Waals surface area contributed by atoms with E-state index in [-0.39, 0.29) is 0 Å². The van der Waals surface area contributed by atoms with Crippen LogP contribution in [0.3, 0.4) is 0 Å². The Bertz CT molecular complexity index is 1370. The monoisotopic (exact) mass is 411 g/mol. The Morgan fingerprint density at radius 1 is 0.903 bits per heavy atom. The van der Waals surface area contributed by atoms with Crippen molar-refractivity contribution in [1.82, 2.24) is 0 Å². The Morgan fingerprint density at radius 2 is 1.74 bits per heavy atom. The van der Waals surface area contributed by atoms with Crippen LogP contribution in [0.15, 0.2) is 59.0 Å². The fourth-order valence-corrected chi connectivity index (χ4v) is 4.47. The number of hydrogen-bond donors (Lipinski definition) is 0. The van der Waals surface area contributed by atoms with Crippen molar-refractivity contribution in [3.05, 3.63) is 76.9 Å². The Labute approximate surface area is 179 Å². The predicted octanol–water partition coefficient (Wildman–Crippen LogP) is 6.38. The van der Waals surface area contributed by atoms with Gasteiger partial charge in [-0.25, -0.2) is 4.79 Å². The SMILES string of the molecule is Cc1ccc2c(c1)C(=O)Oc1c(oc3ccc(C)cc13)N2c1cccc2c1OCCC2. The summed E-state index contributed by atoms with van der Waals surface area (Å²) in [5.41, 5.74) is 5.95. The van der Waals surface area contributed by atoms with E-state index in [9.17, 15) is 4.79 Å². The quantitative estimate of drug-likeness (QED) is 0.340. The second kappa shape index (κ2) is 6.64. The average molecular weight is 411 g/mol. The molecule has 0 unspecified atom stereocenters. The van der Waals surface area contributed by atoms with Gasteiger partial charge in [0.25, 0.3) is 0 Å². The van der Waals surface area contributed by atoms with E-state index < -0.39 is 5.97 Å². The van der Waals surface area contributed by atoms with Crippen LogP contribution in [0, 0.1) is 13.8 Å². The van der Waals surface area contributed by atoms with Gasteiger partial charge in [0.05, 0.1) is 28.9 Å². The number of rotatable bonds is 1. The molecule has 0 N–H and O–H groups in total. The minimum Gasteiger partial charge on any atom is -0.491 e. The fourth-order valence-electron chi connectivity index (χ4n) is 4.47. The molecule has 0 atom stereocenters. The molecule has 1 aromatic heterocycles. The first-order chi connectivity index (χ1) is 15.1. The minimum absolute atomic E-state index is 0.391. The summed E-state index contributed by atoms with van der Waals surface area (Å²) in [5.74, 6) is 1.36. The van der Waals surface area contributed by atoms with Crippen molar-refractivity contribution in [3.63, 3.8) is 0 Å². The highest BCUT2D eigenvalue weighted by atomic mass is 16.5. The molecule has 154 valence electrons. The molecular formula is C26H21NO4. The number of aryl methyl sites for hydroxylation is 3. The van der Waals surface area contributed by atoms with E-state index in [0.717, 1.165) is 46.4 Å². The maximum Gasteiger partial charge on any atom is 0.345 e. The van der Waals surface area contributed by atoms with Crippen molar-refractivity contribution in [2.75, 3.05) is 11.5 Å². The standard InChI is InChI=1S/C26H21NO4/c1-15-8-10-20-18(13-15)26(28)31-24-19-14-16(2)9-11-22(19)30-25(24)27(20)21-7-3-5-17-6-4-12-29-23(17)21/h3,5,7-11,13-14H,4,6,12H2,1-2H3. The van der Waals surface area contributed by atoms with Crippen LogP contribution in [0.5, 0.6) is 11.5 Å². The predicted molar refractivity (Wildman–Crippen MR) is 119 cm³/mol. The molecule has 5 nitrogen and oxygen atoms in total. The zero-order valence-electron chi connectivity index (χ0n) is 17.4. The van der Waals surface area contributed by atoms with E-state index in [1.807, 2.05) is 67.3 Å². The van der Waals surface area contributed by atoms with Crippen molar-refractivity contribution in [1.29, 1.82) is 0 Å². The Morgan fingerprint density at radius 3 is 2.65 bits per heavy atom. The Hall–Kier alpha value is -3.73. The van der Waals surface area contributed by atoms with Gasteiger partial charge < -0.3 is 13.9 Å². The number of nitrogens with zero attached hydrogens (tertiary/aromatic N) is 1. The lowest BCUT2D eigenvalue weighted by molar-refractivity contribution is 0.0740. The van der Waals surface area contributed by atoms with Gasteiger partial charge in [-0.15, -0.1) is 0 Å². The maximum absolute atomic E-state index is 13.2. The number of fused-ring (bicyclic) bond motifs is 5. The summed E-state index contributed by atoms with van der Waals surface area (Å²) in [5, 5.41) is 0.781. The van der Waals surface area contributed by atoms with Gasteiger partial charge in [-0.3, -0.25) is 4.90 Å². The lowest BCUT2D eigenvalue weighted by Crippen LogP contribution is -2.16. The van der Waals surface area contributed by atoms with E-state index >= 15 is 0 Å². The van der Waals surface area contributed by atoms with Crippen molar-refractivity contribution >= 4 is 34.2 Å². The number of furan rings is 1. The van der Waals surface area contributed by atoms with Gasteiger partial charge in [-0.05, 0) is 62.6 Å². The average Bonchev–Trinajstić information content (AvgIpc) is 3.06. The van der Waals surface area contributed by atoms with E-state index in [0.29, 0.717) is 35.1 Å². The van der Waals surface area contributed by atoms with Crippen LogP contribution in [0.1, 0.15) is 33.5 Å². The third-order valence-corrected chi connectivity index (χ3v) is 5.94. The summed E-state index contributed by atoms with van der Waals surface area (Å²) in [6, 6.07) is 17.8. The molecule has 2 aliphatic rings. The van der Waals surface area contributed by atoms with Crippen molar-refractivity contribution < 1.29 is 18.7 Å². The molecule has 3 aromatic carbocycles. The molecule has 0 amide bonds. The maximum atomic E-state index is 13.2. The molecule has 0 saturated heterocycles. The van der Waals surface area contributed by atoms with Crippen molar-refractivity contribution in [2.24, 2.45) is 0 Å². The van der Waals surface area contributed by atoms with E-state index in [1.54, 1.807) is 0 Å². The van der Waals surface area contributed by atoms with Gasteiger partial charge in [0.15, 0.2) is 0 Å². The molecule has 4 aromatic rings. The third kappa shape index (κ3) is 2.73. The van der Waals surface area contributed by atoms with Crippen LogP contribution >= 0.6 is 0 Å². The number of benzene rings is 3. The van der Waals surface area contributed by atoms with E-state index in [1.165, 1.54) is 0 Å². The number of carbonyl (C=O) groups is 1. The van der Waals surface area contributed by atoms with Gasteiger partial charge >= 0.3 is 5.97 Å². The summed E-state index contributed by atoms with van der Waals surface area (Å²) in [7, 11) is 0. The fraction of sp³-hybridized carbons (Fsp3) is 0.192. The molecule has 0 radical (unpaired) electrons. The molecule has 0 spiro atoms. The van der Waals surface area contributed by atoms with Crippen LogP contribution in [0.2, 0.25) is 0 Å². The highest BCUT2D eigenvalue weighted by Crippen LogP contribution is 2.52. The van der Waals surface area contributed by atoms with Crippen LogP contribution in [0.4, 0.5) is 17.3 Å². The summed E-state index contributed by atoms with van der Waals surface area (Å²) in [6.07, 6.45) is 1.95. The normalized spacial score (nSPS) is 14.9. The Kier molecular flexibility index (Phi) is 3.87. The summed E-state index contributed by atoms with van der Waals surface area (Å²) in [4.78, 5) is 15.2. The molecule has 0 saturated carbocycles. The number of ether oxygens (including phenoxy) is 2. The number of carbonyl (C=O) groups excluding carboxylic acids is 1. The second-order valence-electron chi connectivity index (χ2n) is 8.20. The molecule has 3 heterocycles. The summed E-state index contributed by atoms with van der Waals surface area (Å²) in [6.45, 7) is 4.64. The van der Waals surface area contributed by atoms with Crippen molar-refractivity contribution in [3.8, 4) is 11.5 Å². The highest BCUT2D eigenvalue weighted by Gasteiger charge is 2.35. The molecule has 31 heavy (non-hydrogen) atoms. The number of esters is 1. The van der Waals surface area contributed by atoms with Crippen LogP contribution < -0.4 is 14.4 Å². The van der Waals surface area contributed by atoms with Gasteiger partial charge in [-0.2, -0.15) is 0 Å². The van der Waals surface area contributed by atoms with Gasteiger partial charge in [0.1, 0.15) is 11.3 Å². The zero-order valence-corrected chi connectivity index (χ0v) is 17.4. The third-order valence-electron chi connectivity index (χ3n) is 5.94. The largest absolute Gasteiger partial charge is 0.491 e. The first-order valence-corrected chi connectivity index (χ1v) is 10.5. The van der Waals surface area contributed by atoms with E-state index in [4.69, 9.17) is 13.9 Å². The van der Waals surface area contributed by atoms with Crippen molar-refractivity contribution in [2.45, 2.75) is 26.7 Å². The smallest absolute Gasteiger partial charge is 0.345 e. The Balaban J connectivity index is 1.70. The molecular weight excluding hydrogens is 390 g/mol.